The summed E-state index contributed by atoms with van der Waals surface area (Å²) in [7, 11) is 1.66. The van der Waals surface area contributed by atoms with E-state index >= 15 is 0 Å². The zero-order valence-electron chi connectivity index (χ0n) is 14.7. The molecule has 1 aromatic carbocycles. The lowest BCUT2D eigenvalue weighted by atomic mass is 10.2. The molecule has 1 aromatic rings. The number of carbonyl (C=O) groups excluding carboxylic acids is 1. The summed E-state index contributed by atoms with van der Waals surface area (Å²) in [4.78, 5) is 17.1. The van der Waals surface area contributed by atoms with Gasteiger partial charge in [-0.2, -0.15) is 0 Å². The number of hydrogen-bond acceptors (Lipinski definition) is 4. The van der Waals surface area contributed by atoms with Gasteiger partial charge in [-0.15, -0.1) is 0 Å². The molecule has 0 atom stereocenters. The van der Waals surface area contributed by atoms with Gasteiger partial charge in [0.1, 0.15) is 5.75 Å². The maximum Gasteiger partial charge on any atom is 0.234 e. The molecule has 1 aliphatic carbocycles. The van der Waals surface area contributed by atoms with E-state index < -0.39 is 0 Å². The number of ether oxygens (including phenoxy) is 1. The Hall–Kier alpha value is -1.59. The molecule has 24 heavy (non-hydrogen) atoms. The van der Waals surface area contributed by atoms with E-state index in [-0.39, 0.29) is 5.91 Å². The maximum atomic E-state index is 12.2. The number of nitrogens with zero attached hydrogens (tertiary/aromatic N) is 2. The van der Waals surface area contributed by atoms with Gasteiger partial charge < -0.3 is 10.1 Å². The van der Waals surface area contributed by atoms with Gasteiger partial charge in [-0.25, -0.2) is 0 Å². The third-order valence-electron chi connectivity index (χ3n) is 5.28. The predicted molar refractivity (Wildman–Crippen MR) is 95.1 cm³/mol. The standard InChI is InChI=1S/C19H29N3O2/c1-24-18-9-5-2-6-16(18)14-20-19(23)15-21-10-12-22(13-11-21)17-7-3-4-8-17/h2,5-6,9,17H,3-4,7-8,10-15H2,1H3,(H,20,23). The first-order valence-electron chi connectivity index (χ1n) is 9.11. The van der Waals surface area contributed by atoms with Crippen LogP contribution in [-0.4, -0.2) is 61.6 Å². The molecule has 2 aliphatic rings. The molecule has 2 fully saturated rings. The molecule has 5 nitrogen and oxygen atoms in total. The number of methoxy groups -OCH3 is 1. The molecule has 1 aliphatic heterocycles. The molecule has 0 bridgehead atoms. The number of hydrogen-bond donors (Lipinski definition) is 1. The first-order chi connectivity index (χ1) is 11.8. The van der Waals surface area contributed by atoms with Crippen LogP contribution in [0.25, 0.3) is 0 Å². The van der Waals surface area contributed by atoms with Crippen molar-refractivity contribution in [2.75, 3.05) is 39.8 Å². The average Bonchev–Trinajstić information content (AvgIpc) is 3.15. The molecule has 0 radical (unpaired) electrons. The third-order valence-corrected chi connectivity index (χ3v) is 5.28. The number of benzene rings is 1. The van der Waals surface area contributed by atoms with Crippen molar-refractivity contribution in [1.29, 1.82) is 0 Å². The largest absolute Gasteiger partial charge is 0.496 e. The third kappa shape index (κ3) is 4.48. The van der Waals surface area contributed by atoms with Crippen LogP contribution in [0.3, 0.4) is 0 Å². The van der Waals surface area contributed by atoms with E-state index in [1.54, 1.807) is 7.11 Å². The summed E-state index contributed by atoms with van der Waals surface area (Å²) in [6.07, 6.45) is 5.49. The Balaban J connectivity index is 1.39. The minimum absolute atomic E-state index is 0.0928. The van der Waals surface area contributed by atoms with E-state index in [1.165, 1.54) is 25.7 Å². The number of para-hydroxylation sites is 1. The van der Waals surface area contributed by atoms with Gasteiger partial charge >= 0.3 is 0 Å². The van der Waals surface area contributed by atoms with Crippen LogP contribution in [0.4, 0.5) is 0 Å². The maximum absolute atomic E-state index is 12.2. The predicted octanol–water partition coefficient (Wildman–Crippen LogP) is 1.87. The minimum Gasteiger partial charge on any atom is -0.496 e. The monoisotopic (exact) mass is 331 g/mol. The van der Waals surface area contributed by atoms with Gasteiger partial charge in [-0.1, -0.05) is 31.0 Å². The summed E-state index contributed by atoms with van der Waals surface area (Å²) in [5.41, 5.74) is 1.01. The van der Waals surface area contributed by atoms with Crippen molar-refractivity contribution in [2.45, 2.75) is 38.3 Å². The van der Waals surface area contributed by atoms with Crippen molar-refractivity contribution in [3.8, 4) is 5.75 Å². The second kappa shape index (κ2) is 8.49. The van der Waals surface area contributed by atoms with Gasteiger partial charge in [-0.05, 0) is 18.9 Å². The molecule has 1 saturated heterocycles. The van der Waals surface area contributed by atoms with Crippen LogP contribution in [0, 0.1) is 0 Å². The summed E-state index contributed by atoms with van der Waals surface area (Å²) in [5, 5.41) is 3.01. The number of rotatable bonds is 6. The van der Waals surface area contributed by atoms with Gasteiger partial charge in [-0.3, -0.25) is 14.6 Å². The molecular weight excluding hydrogens is 302 g/mol. The highest BCUT2D eigenvalue weighted by atomic mass is 16.5. The van der Waals surface area contributed by atoms with Gasteiger partial charge in [0.05, 0.1) is 13.7 Å². The van der Waals surface area contributed by atoms with E-state index in [0.29, 0.717) is 13.1 Å². The number of amides is 1. The Kier molecular flexibility index (Phi) is 6.10. The van der Waals surface area contributed by atoms with Crippen LogP contribution in [0.15, 0.2) is 24.3 Å². The lowest BCUT2D eigenvalue weighted by Gasteiger charge is -2.37. The second-order valence-corrected chi connectivity index (χ2v) is 6.84. The topological polar surface area (TPSA) is 44.8 Å². The van der Waals surface area contributed by atoms with Gasteiger partial charge in [0.2, 0.25) is 5.91 Å². The summed E-state index contributed by atoms with van der Waals surface area (Å²) in [6.45, 7) is 5.21. The van der Waals surface area contributed by atoms with E-state index in [4.69, 9.17) is 4.74 Å². The van der Waals surface area contributed by atoms with E-state index in [2.05, 4.69) is 15.1 Å². The molecular formula is C19H29N3O2. The Morgan fingerprint density at radius 1 is 1.17 bits per heavy atom. The Bertz CT molecular complexity index is 535. The summed E-state index contributed by atoms with van der Waals surface area (Å²) in [5.74, 6) is 0.915. The van der Waals surface area contributed by atoms with Crippen LogP contribution < -0.4 is 10.1 Å². The van der Waals surface area contributed by atoms with Crippen LogP contribution in [0.2, 0.25) is 0 Å². The molecule has 1 heterocycles. The highest BCUT2D eigenvalue weighted by Crippen LogP contribution is 2.24. The fraction of sp³-hybridized carbons (Fsp3) is 0.632. The molecule has 3 rings (SSSR count). The molecule has 0 aromatic heterocycles. The van der Waals surface area contributed by atoms with Crippen LogP contribution in [0.5, 0.6) is 5.75 Å². The molecule has 1 saturated carbocycles. The lowest BCUT2D eigenvalue weighted by Crippen LogP contribution is -2.51. The van der Waals surface area contributed by atoms with Gasteiger partial charge in [0, 0.05) is 44.3 Å². The zero-order valence-corrected chi connectivity index (χ0v) is 14.7. The first-order valence-corrected chi connectivity index (χ1v) is 9.11. The number of piperazine rings is 1. The quantitative estimate of drug-likeness (QED) is 0.864. The fourth-order valence-corrected chi connectivity index (χ4v) is 3.86. The summed E-state index contributed by atoms with van der Waals surface area (Å²) < 4.78 is 5.32. The smallest absolute Gasteiger partial charge is 0.234 e. The van der Waals surface area contributed by atoms with Crippen molar-refractivity contribution in [3.05, 3.63) is 29.8 Å². The molecule has 0 spiro atoms. The van der Waals surface area contributed by atoms with Crippen molar-refractivity contribution in [3.63, 3.8) is 0 Å². The minimum atomic E-state index is 0.0928. The van der Waals surface area contributed by atoms with Crippen molar-refractivity contribution >= 4 is 5.91 Å². The molecule has 132 valence electrons. The average molecular weight is 331 g/mol. The van der Waals surface area contributed by atoms with Crippen molar-refractivity contribution in [2.24, 2.45) is 0 Å². The van der Waals surface area contributed by atoms with Crippen molar-refractivity contribution < 1.29 is 9.53 Å². The number of carbonyl (C=O) groups is 1. The van der Waals surface area contributed by atoms with Gasteiger partial charge in [0.25, 0.3) is 0 Å². The molecule has 5 heteroatoms. The highest BCUT2D eigenvalue weighted by Gasteiger charge is 2.26. The summed E-state index contributed by atoms with van der Waals surface area (Å²) in [6, 6.07) is 8.61. The first kappa shape index (κ1) is 17.2. The van der Waals surface area contributed by atoms with Crippen LogP contribution >= 0.6 is 0 Å². The Morgan fingerprint density at radius 3 is 2.58 bits per heavy atom. The van der Waals surface area contributed by atoms with Crippen LogP contribution in [0.1, 0.15) is 31.2 Å². The Morgan fingerprint density at radius 2 is 1.88 bits per heavy atom. The highest BCUT2D eigenvalue weighted by molar-refractivity contribution is 5.78. The summed E-state index contributed by atoms with van der Waals surface area (Å²) >= 11 is 0. The number of nitrogens with one attached hydrogen (secondary N) is 1. The van der Waals surface area contributed by atoms with Crippen LogP contribution in [-0.2, 0) is 11.3 Å². The van der Waals surface area contributed by atoms with Gasteiger partial charge in [0.15, 0.2) is 0 Å². The van der Waals surface area contributed by atoms with E-state index in [9.17, 15) is 4.79 Å². The molecule has 1 amide bonds. The fourth-order valence-electron chi connectivity index (χ4n) is 3.86. The van der Waals surface area contributed by atoms with Crippen molar-refractivity contribution in [1.82, 2.24) is 15.1 Å². The van der Waals surface area contributed by atoms with E-state index in [1.807, 2.05) is 24.3 Å². The zero-order chi connectivity index (χ0) is 16.8. The molecule has 1 N–H and O–H groups in total. The second-order valence-electron chi connectivity index (χ2n) is 6.84. The molecule has 0 unspecified atom stereocenters. The SMILES string of the molecule is COc1ccccc1CNC(=O)CN1CCN(C2CCCC2)CC1. The van der Waals surface area contributed by atoms with E-state index in [0.717, 1.165) is 43.5 Å². The lowest BCUT2D eigenvalue weighted by molar-refractivity contribution is -0.122. The Labute approximate surface area is 145 Å². The normalized spacial score (nSPS) is 20.2.